The third-order valence-electron chi connectivity index (χ3n) is 3.68. The third-order valence-corrected chi connectivity index (χ3v) is 3.68. The first kappa shape index (κ1) is 21.4. The lowest BCUT2D eigenvalue weighted by Gasteiger charge is -2.14. The average molecular weight is 458 g/mol. The molecule has 1 heterocycles. The van der Waals surface area contributed by atoms with E-state index in [0.717, 1.165) is 23.6 Å². The lowest BCUT2D eigenvalue weighted by atomic mass is 10.1. The Morgan fingerprint density at radius 3 is 2.56 bits per heavy atom. The number of aliphatic hydroxyl groups is 1. The first-order chi connectivity index (χ1) is 11.6. The quantitative estimate of drug-likeness (QED) is 0.338. The van der Waals surface area contributed by atoms with Gasteiger partial charge in [0.1, 0.15) is 12.3 Å². The van der Waals surface area contributed by atoms with Crippen molar-refractivity contribution in [1.82, 2.24) is 15.6 Å². The Hall–Kier alpha value is -1.61. The second-order valence-corrected chi connectivity index (χ2v) is 5.59. The zero-order valence-corrected chi connectivity index (χ0v) is 17.3. The summed E-state index contributed by atoms with van der Waals surface area (Å²) in [5.41, 5.74) is 1.82. The summed E-state index contributed by atoms with van der Waals surface area (Å²) in [6.07, 6.45) is 0.115. The minimum absolute atomic E-state index is 0. The van der Waals surface area contributed by atoms with Crippen LogP contribution in [0.2, 0.25) is 0 Å². The lowest BCUT2D eigenvalue weighted by molar-refractivity contribution is 0.168. The summed E-state index contributed by atoms with van der Waals surface area (Å²) in [6, 6.07) is 9.65. The molecular weight excluding hydrogens is 431 g/mol. The maximum Gasteiger partial charge on any atom is 0.216 e. The zero-order valence-electron chi connectivity index (χ0n) is 15.0. The van der Waals surface area contributed by atoms with Gasteiger partial charge in [-0.05, 0) is 32.8 Å². The molecule has 1 atom stereocenters. The van der Waals surface area contributed by atoms with Crippen LogP contribution < -0.4 is 10.6 Å². The van der Waals surface area contributed by atoms with Gasteiger partial charge < -0.3 is 20.2 Å². The summed E-state index contributed by atoms with van der Waals surface area (Å²) in [7, 11) is 0. The van der Waals surface area contributed by atoms with Crippen molar-refractivity contribution in [1.29, 1.82) is 0 Å². The van der Waals surface area contributed by atoms with Crippen molar-refractivity contribution in [3.05, 3.63) is 53.2 Å². The smallest absolute Gasteiger partial charge is 0.216 e. The number of aromatic nitrogens is 1. The van der Waals surface area contributed by atoms with E-state index < -0.39 is 6.10 Å². The van der Waals surface area contributed by atoms with Gasteiger partial charge in [0.05, 0.1) is 11.8 Å². The summed E-state index contributed by atoms with van der Waals surface area (Å²) in [6.45, 7) is 7.58. The molecule has 2 aromatic rings. The molecule has 0 fully saturated rings. The normalized spacial score (nSPS) is 12.4. The highest BCUT2D eigenvalue weighted by molar-refractivity contribution is 14.0. The second-order valence-electron chi connectivity index (χ2n) is 5.59. The number of aliphatic imine (C=N–C) groups is 1. The average Bonchev–Trinajstić information content (AvgIpc) is 2.91. The fourth-order valence-electron chi connectivity index (χ4n) is 2.26. The molecule has 0 aliphatic heterocycles. The Morgan fingerprint density at radius 1 is 1.24 bits per heavy atom. The Bertz CT molecular complexity index is 639. The second kappa shape index (κ2) is 11.1. The van der Waals surface area contributed by atoms with Crippen molar-refractivity contribution in [2.75, 3.05) is 13.1 Å². The number of hydrogen-bond acceptors (Lipinski definition) is 4. The molecule has 0 amide bonds. The maximum atomic E-state index is 10.2. The molecule has 0 aliphatic carbocycles. The van der Waals surface area contributed by atoms with Crippen molar-refractivity contribution in [3.8, 4) is 0 Å². The lowest BCUT2D eigenvalue weighted by Crippen LogP contribution is -2.38. The van der Waals surface area contributed by atoms with E-state index in [1.807, 2.05) is 51.1 Å². The fraction of sp³-hybridized carbons (Fsp3) is 0.444. The SMILES string of the molecule is CCNC(=NCc1nc(C)c(C)o1)NCCC(O)c1ccccc1.I. The summed E-state index contributed by atoms with van der Waals surface area (Å²) in [5, 5.41) is 16.6. The van der Waals surface area contributed by atoms with E-state index in [1.54, 1.807) is 0 Å². The van der Waals surface area contributed by atoms with Crippen LogP contribution in [0.1, 0.15) is 42.4 Å². The predicted octanol–water partition coefficient (Wildman–Crippen LogP) is 3.09. The highest BCUT2D eigenvalue weighted by atomic mass is 127. The third kappa shape index (κ3) is 7.03. The van der Waals surface area contributed by atoms with Gasteiger partial charge >= 0.3 is 0 Å². The van der Waals surface area contributed by atoms with Gasteiger partial charge in [-0.2, -0.15) is 0 Å². The molecule has 0 saturated carbocycles. The molecule has 138 valence electrons. The van der Waals surface area contributed by atoms with E-state index >= 15 is 0 Å². The largest absolute Gasteiger partial charge is 0.444 e. The summed E-state index contributed by atoms with van der Waals surface area (Å²) in [5.74, 6) is 2.11. The van der Waals surface area contributed by atoms with Crippen LogP contribution >= 0.6 is 24.0 Å². The minimum Gasteiger partial charge on any atom is -0.444 e. The van der Waals surface area contributed by atoms with E-state index in [-0.39, 0.29) is 24.0 Å². The number of hydrogen-bond donors (Lipinski definition) is 3. The number of guanidine groups is 1. The minimum atomic E-state index is -0.487. The van der Waals surface area contributed by atoms with Crippen LogP contribution in [0.15, 0.2) is 39.7 Å². The first-order valence-corrected chi connectivity index (χ1v) is 8.28. The number of oxazole rings is 1. The molecule has 1 aromatic carbocycles. The topological polar surface area (TPSA) is 82.7 Å². The molecule has 0 saturated heterocycles. The van der Waals surface area contributed by atoms with Gasteiger partial charge in [0.15, 0.2) is 5.96 Å². The monoisotopic (exact) mass is 458 g/mol. The Balaban J connectivity index is 0.00000312. The molecule has 6 nitrogen and oxygen atoms in total. The number of aryl methyl sites for hydroxylation is 2. The number of nitrogens with one attached hydrogen (secondary N) is 2. The van der Waals surface area contributed by atoms with Gasteiger partial charge in [-0.1, -0.05) is 30.3 Å². The number of nitrogens with zero attached hydrogens (tertiary/aromatic N) is 2. The van der Waals surface area contributed by atoms with E-state index in [2.05, 4.69) is 20.6 Å². The molecule has 3 N–H and O–H groups in total. The molecular formula is C18H27IN4O2. The van der Waals surface area contributed by atoms with E-state index in [1.165, 1.54) is 0 Å². The van der Waals surface area contributed by atoms with Crippen LogP contribution in [0.3, 0.4) is 0 Å². The van der Waals surface area contributed by atoms with Gasteiger partial charge in [0.25, 0.3) is 0 Å². The van der Waals surface area contributed by atoms with Gasteiger partial charge in [-0.3, -0.25) is 0 Å². The Labute approximate surface area is 166 Å². The molecule has 0 aliphatic rings. The van der Waals surface area contributed by atoms with Crippen LogP contribution in [-0.2, 0) is 6.54 Å². The highest BCUT2D eigenvalue weighted by Crippen LogP contribution is 2.14. The summed E-state index contributed by atoms with van der Waals surface area (Å²) < 4.78 is 5.53. The number of halogens is 1. The van der Waals surface area contributed by atoms with Crippen LogP contribution in [-0.4, -0.2) is 29.1 Å². The fourth-order valence-corrected chi connectivity index (χ4v) is 2.26. The van der Waals surface area contributed by atoms with Gasteiger partial charge in [-0.15, -0.1) is 24.0 Å². The van der Waals surface area contributed by atoms with Crippen LogP contribution in [0, 0.1) is 13.8 Å². The molecule has 2 rings (SSSR count). The van der Waals surface area contributed by atoms with E-state index in [0.29, 0.717) is 31.4 Å². The molecule has 0 radical (unpaired) electrons. The van der Waals surface area contributed by atoms with E-state index in [4.69, 9.17) is 4.42 Å². The molecule has 0 bridgehead atoms. The maximum absolute atomic E-state index is 10.2. The summed E-state index contributed by atoms with van der Waals surface area (Å²) >= 11 is 0. The molecule has 1 unspecified atom stereocenters. The Kier molecular flexibility index (Phi) is 9.51. The van der Waals surface area contributed by atoms with Crippen molar-refractivity contribution >= 4 is 29.9 Å². The molecule has 7 heteroatoms. The van der Waals surface area contributed by atoms with Crippen molar-refractivity contribution < 1.29 is 9.52 Å². The number of aliphatic hydroxyl groups excluding tert-OH is 1. The van der Waals surface area contributed by atoms with Gasteiger partial charge in [-0.25, -0.2) is 9.98 Å². The van der Waals surface area contributed by atoms with Crippen molar-refractivity contribution in [2.24, 2.45) is 4.99 Å². The van der Waals surface area contributed by atoms with Gasteiger partial charge in [0, 0.05) is 13.1 Å². The standard InChI is InChI=1S/C18H26N4O2.HI/c1-4-19-18(21-12-17-22-13(2)14(3)24-17)20-11-10-16(23)15-8-6-5-7-9-15;/h5-9,16,23H,4,10-12H2,1-3H3,(H2,19,20,21);1H. The Morgan fingerprint density at radius 2 is 1.96 bits per heavy atom. The predicted molar refractivity (Wildman–Crippen MR) is 110 cm³/mol. The van der Waals surface area contributed by atoms with Gasteiger partial charge in [0.2, 0.25) is 5.89 Å². The van der Waals surface area contributed by atoms with Crippen molar-refractivity contribution in [3.63, 3.8) is 0 Å². The number of rotatable bonds is 7. The summed E-state index contributed by atoms with van der Waals surface area (Å²) in [4.78, 5) is 8.79. The molecule has 1 aromatic heterocycles. The number of benzene rings is 1. The van der Waals surface area contributed by atoms with E-state index in [9.17, 15) is 5.11 Å². The molecule has 0 spiro atoms. The first-order valence-electron chi connectivity index (χ1n) is 8.28. The van der Waals surface area contributed by atoms with Crippen LogP contribution in [0.25, 0.3) is 0 Å². The zero-order chi connectivity index (χ0) is 17.4. The van der Waals surface area contributed by atoms with Crippen LogP contribution in [0.5, 0.6) is 0 Å². The molecule has 25 heavy (non-hydrogen) atoms. The van der Waals surface area contributed by atoms with Crippen LogP contribution in [0.4, 0.5) is 0 Å². The van der Waals surface area contributed by atoms with Crippen molar-refractivity contribution in [2.45, 2.75) is 39.8 Å². The highest BCUT2D eigenvalue weighted by Gasteiger charge is 2.08.